The number of rotatable bonds is 1. The molecule has 0 radical (unpaired) electrons. The number of aromatic nitrogens is 2. The van der Waals surface area contributed by atoms with Crippen LogP contribution in [0.1, 0.15) is 11.1 Å². The molecular weight excluding hydrogens is 186 g/mol. The van der Waals surface area contributed by atoms with Crippen molar-refractivity contribution in [2.24, 2.45) is 0 Å². The molecule has 0 fully saturated rings. The highest BCUT2D eigenvalue weighted by atomic mass is 14.7. The fraction of sp³-hybridized carbons (Fsp3) is 0.0833. The van der Waals surface area contributed by atoms with Crippen molar-refractivity contribution < 1.29 is 0 Å². The van der Waals surface area contributed by atoms with E-state index in [2.05, 4.69) is 16.0 Å². The van der Waals surface area contributed by atoms with Crippen LogP contribution in [0.25, 0.3) is 11.3 Å². The highest BCUT2D eigenvalue weighted by Gasteiger charge is 2.02. The zero-order chi connectivity index (χ0) is 10.7. The van der Waals surface area contributed by atoms with E-state index in [4.69, 9.17) is 5.26 Å². The van der Waals surface area contributed by atoms with Crippen molar-refractivity contribution in [3.05, 3.63) is 47.9 Å². The van der Waals surface area contributed by atoms with E-state index in [0.717, 1.165) is 16.8 Å². The summed E-state index contributed by atoms with van der Waals surface area (Å²) in [4.78, 5) is 8.18. The van der Waals surface area contributed by atoms with Crippen LogP contribution in [0.2, 0.25) is 0 Å². The summed E-state index contributed by atoms with van der Waals surface area (Å²) < 4.78 is 0. The molecule has 72 valence electrons. The first-order valence-electron chi connectivity index (χ1n) is 4.58. The molecule has 3 nitrogen and oxygen atoms in total. The number of hydrogen-bond acceptors (Lipinski definition) is 3. The van der Waals surface area contributed by atoms with E-state index in [-0.39, 0.29) is 0 Å². The number of hydrogen-bond donors (Lipinski definition) is 0. The fourth-order valence-corrected chi connectivity index (χ4v) is 1.35. The minimum atomic E-state index is 0.618. The predicted octanol–water partition coefficient (Wildman–Crippen LogP) is 2.32. The van der Waals surface area contributed by atoms with Crippen LogP contribution < -0.4 is 0 Å². The summed E-state index contributed by atoms with van der Waals surface area (Å²) in [6, 6.07) is 7.80. The highest BCUT2D eigenvalue weighted by molar-refractivity contribution is 5.60. The lowest BCUT2D eigenvalue weighted by atomic mass is 10.1. The summed E-state index contributed by atoms with van der Waals surface area (Å²) in [6.07, 6.45) is 5.06. The Morgan fingerprint density at radius 1 is 1.27 bits per heavy atom. The van der Waals surface area contributed by atoms with Crippen LogP contribution in [0.3, 0.4) is 0 Å². The molecule has 3 heteroatoms. The SMILES string of the molecule is Cc1cc(-c2ccncc2)ncc1C#N. The summed E-state index contributed by atoms with van der Waals surface area (Å²) in [5.74, 6) is 0. The largest absolute Gasteiger partial charge is 0.265 e. The van der Waals surface area contributed by atoms with E-state index in [1.807, 2.05) is 25.1 Å². The first-order valence-corrected chi connectivity index (χ1v) is 4.58. The molecule has 0 aliphatic rings. The molecule has 0 aliphatic carbocycles. The molecular formula is C12H9N3. The predicted molar refractivity (Wildman–Crippen MR) is 56.9 cm³/mol. The number of aryl methyl sites for hydroxylation is 1. The molecule has 0 saturated heterocycles. The van der Waals surface area contributed by atoms with Gasteiger partial charge in [0.2, 0.25) is 0 Å². The van der Waals surface area contributed by atoms with Crippen LogP contribution in [0.5, 0.6) is 0 Å². The summed E-state index contributed by atoms with van der Waals surface area (Å²) in [5.41, 5.74) is 3.44. The van der Waals surface area contributed by atoms with E-state index >= 15 is 0 Å². The quantitative estimate of drug-likeness (QED) is 0.701. The minimum absolute atomic E-state index is 0.618. The zero-order valence-electron chi connectivity index (χ0n) is 8.31. The third-order valence-corrected chi connectivity index (χ3v) is 2.21. The van der Waals surface area contributed by atoms with E-state index in [1.54, 1.807) is 18.6 Å². The van der Waals surface area contributed by atoms with Gasteiger partial charge in [-0.1, -0.05) is 0 Å². The first kappa shape index (κ1) is 9.35. The lowest BCUT2D eigenvalue weighted by Crippen LogP contribution is -1.89. The standard InChI is InChI=1S/C12H9N3/c1-9-6-12(15-8-11(9)7-13)10-2-4-14-5-3-10/h2-6,8H,1H3. The van der Waals surface area contributed by atoms with Crippen molar-refractivity contribution in [3.63, 3.8) is 0 Å². The van der Waals surface area contributed by atoms with Crippen molar-refractivity contribution in [1.82, 2.24) is 9.97 Å². The Morgan fingerprint density at radius 2 is 2.00 bits per heavy atom. The lowest BCUT2D eigenvalue weighted by molar-refractivity contribution is 1.24. The molecule has 2 rings (SSSR count). The van der Waals surface area contributed by atoms with Crippen LogP contribution in [0.15, 0.2) is 36.8 Å². The Bertz CT molecular complexity index is 512. The van der Waals surface area contributed by atoms with Gasteiger partial charge in [-0.05, 0) is 30.7 Å². The molecule has 0 spiro atoms. The van der Waals surface area contributed by atoms with Gasteiger partial charge in [0.15, 0.2) is 0 Å². The van der Waals surface area contributed by atoms with Crippen molar-refractivity contribution >= 4 is 0 Å². The van der Waals surface area contributed by atoms with E-state index < -0.39 is 0 Å². The van der Waals surface area contributed by atoms with Gasteiger partial charge in [-0.3, -0.25) is 9.97 Å². The van der Waals surface area contributed by atoms with Gasteiger partial charge >= 0.3 is 0 Å². The molecule has 2 aromatic rings. The van der Waals surface area contributed by atoms with Gasteiger partial charge in [-0.15, -0.1) is 0 Å². The summed E-state index contributed by atoms with van der Waals surface area (Å²) in [7, 11) is 0. The number of nitriles is 1. The van der Waals surface area contributed by atoms with Gasteiger partial charge in [0.05, 0.1) is 11.3 Å². The molecule has 0 saturated carbocycles. The summed E-state index contributed by atoms with van der Waals surface area (Å²) in [5, 5.41) is 8.78. The Hall–Kier alpha value is -2.21. The van der Waals surface area contributed by atoms with E-state index in [9.17, 15) is 0 Å². The van der Waals surface area contributed by atoms with Gasteiger partial charge < -0.3 is 0 Å². The van der Waals surface area contributed by atoms with Gasteiger partial charge in [-0.25, -0.2) is 0 Å². The minimum Gasteiger partial charge on any atom is -0.265 e. The molecule has 0 aromatic carbocycles. The summed E-state index contributed by atoms with van der Waals surface area (Å²) in [6.45, 7) is 1.91. The normalized spacial score (nSPS) is 9.60. The van der Waals surface area contributed by atoms with E-state index in [1.165, 1.54) is 0 Å². The van der Waals surface area contributed by atoms with Crippen molar-refractivity contribution in [1.29, 1.82) is 5.26 Å². The van der Waals surface area contributed by atoms with Crippen molar-refractivity contribution in [3.8, 4) is 17.3 Å². The summed E-state index contributed by atoms with van der Waals surface area (Å²) >= 11 is 0. The first-order chi connectivity index (χ1) is 7.31. The number of pyridine rings is 2. The lowest BCUT2D eigenvalue weighted by Gasteiger charge is -2.02. The second-order valence-corrected chi connectivity index (χ2v) is 3.23. The molecule has 0 amide bonds. The highest BCUT2D eigenvalue weighted by Crippen LogP contribution is 2.17. The fourth-order valence-electron chi connectivity index (χ4n) is 1.35. The topological polar surface area (TPSA) is 49.6 Å². The monoisotopic (exact) mass is 195 g/mol. The molecule has 0 bridgehead atoms. The average Bonchev–Trinajstić information content (AvgIpc) is 2.30. The second kappa shape index (κ2) is 3.89. The van der Waals surface area contributed by atoms with Gasteiger partial charge in [0, 0.05) is 24.2 Å². The molecule has 2 heterocycles. The van der Waals surface area contributed by atoms with Crippen LogP contribution in [0, 0.1) is 18.3 Å². The molecule has 0 aliphatic heterocycles. The van der Waals surface area contributed by atoms with Gasteiger partial charge in [0.25, 0.3) is 0 Å². The maximum absolute atomic E-state index is 8.78. The molecule has 2 aromatic heterocycles. The molecule has 0 unspecified atom stereocenters. The Morgan fingerprint density at radius 3 is 2.60 bits per heavy atom. The Labute approximate surface area is 88.1 Å². The third kappa shape index (κ3) is 1.84. The smallest absolute Gasteiger partial charge is 0.101 e. The van der Waals surface area contributed by atoms with Crippen molar-refractivity contribution in [2.45, 2.75) is 6.92 Å². The van der Waals surface area contributed by atoms with Gasteiger partial charge in [-0.2, -0.15) is 5.26 Å². The van der Waals surface area contributed by atoms with Crippen LogP contribution in [-0.4, -0.2) is 9.97 Å². The van der Waals surface area contributed by atoms with Gasteiger partial charge in [0.1, 0.15) is 6.07 Å². The Balaban J connectivity index is 2.49. The van der Waals surface area contributed by atoms with Crippen LogP contribution >= 0.6 is 0 Å². The Kier molecular flexibility index (Phi) is 2.42. The van der Waals surface area contributed by atoms with Crippen molar-refractivity contribution in [2.75, 3.05) is 0 Å². The average molecular weight is 195 g/mol. The van der Waals surface area contributed by atoms with E-state index in [0.29, 0.717) is 5.56 Å². The van der Waals surface area contributed by atoms with Crippen LogP contribution in [-0.2, 0) is 0 Å². The number of nitrogens with zero attached hydrogens (tertiary/aromatic N) is 3. The van der Waals surface area contributed by atoms with Crippen LogP contribution in [0.4, 0.5) is 0 Å². The maximum Gasteiger partial charge on any atom is 0.101 e. The third-order valence-electron chi connectivity index (χ3n) is 2.21. The molecule has 15 heavy (non-hydrogen) atoms. The molecule has 0 atom stereocenters. The maximum atomic E-state index is 8.78. The second-order valence-electron chi connectivity index (χ2n) is 3.23. The zero-order valence-corrected chi connectivity index (χ0v) is 8.31. The molecule has 0 N–H and O–H groups in total.